The van der Waals surface area contributed by atoms with Gasteiger partial charge in [-0.05, 0) is 12.8 Å². The maximum absolute atomic E-state index is 12.1. The largest absolute Gasteiger partial charge is 0.396 e. The molecule has 0 aliphatic carbocycles. The number of nitrogens with two attached hydrogens (primary N) is 1. The fourth-order valence-corrected chi connectivity index (χ4v) is 4.97. The number of thiophene rings is 1. The van der Waals surface area contributed by atoms with Crippen molar-refractivity contribution in [2.45, 2.75) is 44.9 Å². The Hall–Kier alpha value is -1.08. The smallest absolute Gasteiger partial charge is 0.180 e. The normalized spacial score (nSPS) is 11.6. The van der Waals surface area contributed by atoms with Gasteiger partial charge in [-0.25, -0.2) is 8.42 Å². The van der Waals surface area contributed by atoms with Gasteiger partial charge < -0.3 is 10.6 Å². The molecule has 2 N–H and O–H groups in total. The predicted molar refractivity (Wildman–Crippen MR) is 89.3 cm³/mol. The quantitative estimate of drug-likeness (QED) is 0.740. The zero-order valence-corrected chi connectivity index (χ0v) is 14.7. The van der Waals surface area contributed by atoms with E-state index >= 15 is 0 Å². The van der Waals surface area contributed by atoms with Gasteiger partial charge in [-0.3, -0.25) is 4.79 Å². The van der Waals surface area contributed by atoms with Crippen LogP contribution in [-0.2, 0) is 9.84 Å². The van der Waals surface area contributed by atoms with Crippen LogP contribution in [0.15, 0.2) is 4.90 Å². The maximum Gasteiger partial charge on any atom is 0.180 e. The number of nitrogen functional groups attached to an aromatic ring is 1. The first-order chi connectivity index (χ1) is 9.77. The molecule has 1 rings (SSSR count). The van der Waals surface area contributed by atoms with E-state index < -0.39 is 9.84 Å². The van der Waals surface area contributed by atoms with Crippen molar-refractivity contribution in [1.29, 1.82) is 0 Å². The summed E-state index contributed by atoms with van der Waals surface area (Å²) in [5.74, 6) is -0.110. The molecule has 0 atom stereocenters. The summed E-state index contributed by atoms with van der Waals surface area (Å²) in [7, 11) is -3.48. The monoisotopic (exact) mass is 332 g/mol. The number of carbonyl (C=O) groups is 1. The molecule has 0 bridgehead atoms. The zero-order chi connectivity index (χ0) is 16.2. The van der Waals surface area contributed by atoms with Gasteiger partial charge in [0.2, 0.25) is 0 Å². The van der Waals surface area contributed by atoms with Crippen molar-refractivity contribution in [2.75, 3.05) is 30.0 Å². The second-order valence-electron chi connectivity index (χ2n) is 5.02. The minimum atomic E-state index is -3.48. The van der Waals surface area contributed by atoms with Crippen molar-refractivity contribution in [3.63, 3.8) is 0 Å². The Labute approximate surface area is 131 Å². The van der Waals surface area contributed by atoms with E-state index in [0.29, 0.717) is 16.3 Å². The Kier molecular flexibility index (Phi) is 6.22. The lowest BCUT2D eigenvalue weighted by Gasteiger charge is -2.23. The van der Waals surface area contributed by atoms with Crippen LogP contribution in [0.1, 0.15) is 49.7 Å². The fourth-order valence-electron chi connectivity index (χ4n) is 2.21. The topological polar surface area (TPSA) is 80.5 Å². The van der Waals surface area contributed by atoms with Gasteiger partial charge in [0.1, 0.15) is 9.90 Å². The molecule has 1 heterocycles. The Morgan fingerprint density at radius 3 is 2.10 bits per heavy atom. The number of rotatable bonds is 8. The highest BCUT2D eigenvalue weighted by molar-refractivity contribution is 7.91. The summed E-state index contributed by atoms with van der Waals surface area (Å²) >= 11 is 1.21. The van der Waals surface area contributed by atoms with Crippen LogP contribution in [0.2, 0.25) is 0 Å². The van der Waals surface area contributed by atoms with Crippen LogP contribution in [0.25, 0.3) is 0 Å². The third-order valence-corrected chi connectivity index (χ3v) is 5.69. The molecular weight excluding hydrogens is 308 g/mol. The molecule has 5 nitrogen and oxygen atoms in total. The Balaban J connectivity index is 3.51. The molecular formula is C14H24N2O3S2. The molecule has 7 heteroatoms. The van der Waals surface area contributed by atoms with E-state index in [-0.39, 0.29) is 16.4 Å². The molecule has 0 radical (unpaired) electrons. The average Bonchev–Trinajstić information content (AvgIpc) is 2.75. The van der Waals surface area contributed by atoms with Crippen molar-refractivity contribution in [1.82, 2.24) is 0 Å². The molecule has 0 fully saturated rings. The molecule has 1 aromatic heterocycles. The zero-order valence-electron chi connectivity index (χ0n) is 13.1. The lowest BCUT2D eigenvalue weighted by atomic mass is 10.2. The standard InChI is InChI=1S/C14H24N2O3S2/c1-5-8-16(9-6-2)14-13(21(4,18)19)11(15)12(20-14)10(17)7-3/h5-9,15H2,1-4H3. The molecule has 0 aliphatic rings. The van der Waals surface area contributed by atoms with E-state index in [1.807, 2.05) is 18.7 Å². The van der Waals surface area contributed by atoms with Crippen LogP contribution in [0.5, 0.6) is 0 Å². The number of Topliss-reactive ketones (excluding diaryl/α,β-unsaturated/α-hetero) is 1. The number of ketones is 1. The highest BCUT2D eigenvalue weighted by Crippen LogP contribution is 2.42. The molecule has 0 saturated carbocycles. The first-order valence-corrected chi connectivity index (χ1v) is 9.89. The minimum Gasteiger partial charge on any atom is -0.396 e. The summed E-state index contributed by atoms with van der Waals surface area (Å²) in [4.78, 5) is 14.5. The van der Waals surface area contributed by atoms with E-state index in [9.17, 15) is 13.2 Å². The number of anilines is 2. The second kappa shape index (κ2) is 7.26. The van der Waals surface area contributed by atoms with Gasteiger partial charge in [0.05, 0.1) is 10.6 Å². The highest BCUT2D eigenvalue weighted by Gasteiger charge is 2.28. The Morgan fingerprint density at radius 2 is 1.71 bits per heavy atom. The van der Waals surface area contributed by atoms with Crippen molar-refractivity contribution >= 4 is 37.6 Å². The predicted octanol–water partition coefficient (Wildman–Crippen LogP) is 2.95. The third-order valence-electron chi connectivity index (χ3n) is 3.10. The van der Waals surface area contributed by atoms with Crippen molar-refractivity contribution in [3.8, 4) is 0 Å². The van der Waals surface area contributed by atoms with E-state index in [2.05, 4.69) is 0 Å². The Bertz CT molecular complexity index is 600. The van der Waals surface area contributed by atoms with Gasteiger partial charge >= 0.3 is 0 Å². The molecule has 0 aliphatic heterocycles. The lowest BCUT2D eigenvalue weighted by molar-refractivity contribution is 0.0992. The molecule has 0 saturated heterocycles. The number of hydrogen-bond acceptors (Lipinski definition) is 6. The summed E-state index contributed by atoms with van der Waals surface area (Å²) in [5, 5.41) is 0.607. The summed E-state index contributed by atoms with van der Waals surface area (Å²) in [6.45, 7) is 7.32. The number of sulfone groups is 1. The van der Waals surface area contributed by atoms with Gasteiger partial charge in [0, 0.05) is 25.8 Å². The molecule has 0 unspecified atom stereocenters. The number of hydrogen-bond donors (Lipinski definition) is 1. The number of nitrogens with zero attached hydrogens (tertiary/aromatic N) is 1. The second-order valence-corrected chi connectivity index (χ2v) is 7.97. The molecule has 21 heavy (non-hydrogen) atoms. The van der Waals surface area contributed by atoms with Crippen LogP contribution in [0, 0.1) is 0 Å². The lowest BCUT2D eigenvalue weighted by Crippen LogP contribution is -2.25. The van der Waals surface area contributed by atoms with Gasteiger partial charge in [-0.2, -0.15) is 0 Å². The van der Waals surface area contributed by atoms with Gasteiger partial charge in [0.15, 0.2) is 15.6 Å². The third kappa shape index (κ3) is 3.97. The molecule has 0 amide bonds. The van der Waals surface area contributed by atoms with E-state index in [4.69, 9.17) is 5.73 Å². The van der Waals surface area contributed by atoms with Crippen LogP contribution in [0.4, 0.5) is 10.7 Å². The van der Waals surface area contributed by atoms with Crippen molar-refractivity contribution < 1.29 is 13.2 Å². The number of carbonyl (C=O) groups excluding carboxylic acids is 1. The highest BCUT2D eigenvalue weighted by atomic mass is 32.2. The molecule has 120 valence electrons. The fraction of sp³-hybridized carbons (Fsp3) is 0.643. The summed E-state index contributed by atoms with van der Waals surface area (Å²) < 4.78 is 24.2. The first kappa shape index (κ1) is 18.0. The molecule has 0 aromatic carbocycles. The summed E-state index contributed by atoms with van der Waals surface area (Å²) in [5.41, 5.74) is 6.09. The maximum atomic E-state index is 12.1. The average molecular weight is 332 g/mol. The SMILES string of the molecule is CCCN(CCC)c1sc(C(=O)CC)c(N)c1S(C)(=O)=O. The van der Waals surface area contributed by atoms with Gasteiger partial charge in [-0.15, -0.1) is 11.3 Å². The molecule has 1 aromatic rings. The summed E-state index contributed by atoms with van der Waals surface area (Å²) in [6, 6.07) is 0. The summed E-state index contributed by atoms with van der Waals surface area (Å²) in [6.07, 6.45) is 3.26. The van der Waals surface area contributed by atoms with Crippen LogP contribution >= 0.6 is 11.3 Å². The van der Waals surface area contributed by atoms with Gasteiger partial charge in [0.25, 0.3) is 0 Å². The van der Waals surface area contributed by atoms with Crippen LogP contribution < -0.4 is 10.6 Å². The van der Waals surface area contributed by atoms with Gasteiger partial charge in [-0.1, -0.05) is 20.8 Å². The first-order valence-electron chi connectivity index (χ1n) is 7.18. The van der Waals surface area contributed by atoms with Crippen LogP contribution in [-0.4, -0.2) is 33.5 Å². The van der Waals surface area contributed by atoms with Crippen LogP contribution in [0.3, 0.4) is 0 Å². The minimum absolute atomic E-state index is 0.110. The molecule has 0 spiro atoms. The van der Waals surface area contributed by atoms with Crippen molar-refractivity contribution in [3.05, 3.63) is 4.88 Å². The van der Waals surface area contributed by atoms with E-state index in [1.54, 1.807) is 6.92 Å². The van der Waals surface area contributed by atoms with Crippen molar-refractivity contribution in [2.24, 2.45) is 0 Å². The van der Waals surface area contributed by atoms with E-state index in [1.165, 1.54) is 11.3 Å². The van der Waals surface area contributed by atoms with E-state index in [0.717, 1.165) is 32.2 Å². The Morgan fingerprint density at radius 1 is 1.19 bits per heavy atom.